The van der Waals surface area contributed by atoms with Crippen LogP contribution in [0.4, 0.5) is 4.79 Å². The van der Waals surface area contributed by atoms with Crippen LogP contribution in [0.3, 0.4) is 0 Å². The van der Waals surface area contributed by atoms with Crippen LogP contribution in [0.1, 0.15) is 59.3 Å². The number of nitrogens with two attached hydrogens (primary N) is 1. The summed E-state index contributed by atoms with van der Waals surface area (Å²) in [5.74, 6) is 0. The van der Waals surface area contributed by atoms with Gasteiger partial charge in [-0.05, 0) is 59.3 Å². The quantitative estimate of drug-likeness (QED) is 0.723. The zero-order valence-corrected chi connectivity index (χ0v) is 11.9. The van der Waals surface area contributed by atoms with Crippen LogP contribution < -0.4 is 5.73 Å². The topological polar surface area (TPSA) is 55.6 Å². The lowest BCUT2D eigenvalue weighted by Crippen LogP contribution is -2.54. The van der Waals surface area contributed by atoms with Crippen molar-refractivity contribution >= 4 is 6.09 Å². The van der Waals surface area contributed by atoms with Gasteiger partial charge in [0, 0.05) is 18.1 Å². The zero-order valence-electron chi connectivity index (χ0n) is 11.9. The van der Waals surface area contributed by atoms with Crippen molar-refractivity contribution in [3.8, 4) is 0 Å². The highest BCUT2D eigenvalue weighted by Crippen LogP contribution is 2.42. The van der Waals surface area contributed by atoms with Gasteiger partial charge in [-0.3, -0.25) is 0 Å². The third kappa shape index (κ3) is 2.79. The number of carbonyl (C=O) groups is 1. The molecular weight excluding hydrogens is 228 g/mol. The van der Waals surface area contributed by atoms with E-state index in [1.807, 2.05) is 25.7 Å². The standard InChI is InChI=1S/C14H26N2O2/c1-13(2,3)18-12(17)16-9-5-4-7-14(16)8-6-11(15)10-14/h11H,4-10,15H2,1-3H3. The predicted molar refractivity (Wildman–Crippen MR) is 71.3 cm³/mol. The van der Waals surface area contributed by atoms with Crippen LogP contribution in [0.15, 0.2) is 0 Å². The van der Waals surface area contributed by atoms with Crippen LogP contribution in [0.25, 0.3) is 0 Å². The highest BCUT2D eigenvalue weighted by Gasteiger charge is 2.47. The number of amides is 1. The molecule has 0 aromatic rings. The Kier molecular flexibility index (Phi) is 3.58. The molecule has 4 heteroatoms. The van der Waals surface area contributed by atoms with Crippen LogP contribution in [0.2, 0.25) is 0 Å². The third-order valence-electron chi connectivity index (χ3n) is 4.08. The molecule has 1 saturated carbocycles. The number of nitrogens with zero attached hydrogens (tertiary/aromatic N) is 1. The lowest BCUT2D eigenvalue weighted by molar-refractivity contribution is -0.0145. The average molecular weight is 254 g/mol. The number of piperidine rings is 1. The molecule has 2 atom stereocenters. The van der Waals surface area contributed by atoms with Gasteiger partial charge in [0.15, 0.2) is 0 Å². The van der Waals surface area contributed by atoms with Crippen LogP contribution in [0, 0.1) is 0 Å². The molecule has 2 fully saturated rings. The Labute approximate surface area is 110 Å². The van der Waals surface area contributed by atoms with Crippen LogP contribution in [-0.4, -0.2) is 34.7 Å². The summed E-state index contributed by atoms with van der Waals surface area (Å²) in [6.07, 6.45) is 6.21. The summed E-state index contributed by atoms with van der Waals surface area (Å²) < 4.78 is 5.55. The first-order chi connectivity index (χ1) is 8.32. The molecular formula is C14H26N2O2. The summed E-state index contributed by atoms with van der Waals surface area (Å²) in [5, 5.41) is 0. The van der Waals surface area contributed by atoms with Crippen molar-refractivity contribution in [3.05, 3.63) is 0 Å². The number of hydrogen-bond donors (Lipinski definition) is 1. The lowest BCUT2D eigenvalue weighted by atomic mass is 9.85. The Morgan fingerprint density at radius 2 is 2.06 bits per heavy atom. The monoisotopic (exact) mass is 254 g/mol. The first kappa shape index (κ1) is 13.7. The first-order valence-electron chi connectivity index (χ1n) is 7.09. The van der Waals surface area contributed by atoms with Gasteiger partial charge in [-0.15, -0.1) is 0 Å². The van der Waals surface area contributed by atoms with Gasteiger partial charge in [-0.25, -0.2) is 4.79 Å². The molecule has 2 N–H and O–H groups in total. The van der Waals surface area contributed by atoms with Crippen molar-refractivity contribution in [2.24, 2.45) is 5.73 Å². The Hall–Kier alpha value is -0.770. The number of rotatable bonds is 0. The van der Waals surface area contributed by atoms with Gasteiger partial charge in [0.05, 0.1) is 0 Å². The number of ether oxygens (including phenoxy) is 1. The molecule has 1 saturated heterocycles. The average Bonchev–Trinajstić information content (AvgIpc) is 2.58. The molecule has 0 aromatic carbocycles. The Morgan fingerprint density at radius 1 is 1.33 bits per heavy atom. The summed E-state index contributed by atoms with van der Waals surface area (Å²) in [5.41, 5.74) is 5.62. The van der Waals surface area contributed by atoms with Gasteiger partial charge in [0.2, 0.25) is 0 Å². The van der Waals surface area contributed by atoms with Gasteiger partial charge >= 0.3 is 6.09 Å². The van der Waals surface area contributed by atoms with Gasteiger partial charge < -0.3 is 15.4 Å². The van der Waals surface area contributed by atoms with E-state index in [4.69, 9.17) is 10.5 Å². The lowest BCUT2D eigenvalue weighted by Gasteiger charge is -2.45. The molecule has 1 heterocycles. The van der Waals surface area contributed by atoms with E-state index in [2.05, 4.69) is 0 Å². The fourth-order valence-corrected chi connectivity index (χ4v) is 3.32. The molecule has 2 unspecified atom stereocenters. The summed E-state index contributed by atoms with van der Waals surface area (Å²) in [6.45, 7) is 6.58. The molecule has 1 aliphatic carbocycles. The molecule has 18 heavy (non-hydrogen) atoms. The molecule has 0 radical (unpaired) electrons. The van der Waals surface area contributed by atoms with Gasteiger partial charge in [0.1, 0.15) is 5.60 Å². The summed E-state index contributed by atoms with van der Waals surface area (Å²) in [4.78, 5) is 14.3. The van der Waals surface area contributed by atoms with Crippen molar-refractivity contribution in [2.75, 3.05) is 6.54 Å². The third-order valence-corrected chi connectivity index (χ3v) is 4.08. The van der Waals surface area contributed by atoms with Crippen molar-refractivity contribution in [3.63, 3.8) is 0 Å². The molecule has 2 rings (SSSR count). The van der Waals surface area contributed by atoms with Crippen molar-refractivity contribution in [1.29, 1.82) is 0 Å². The normalized spacial score (nSPS) is 32.9. The minimum atomic E-state index is -0.420. The van der Waals surface area contributed by atoms with Crippen LogP contribution in [-0.2, 0) is 4.74 Å². The largest absolute Gasteiger partial charge is 0.444 e. The molecule has 1 amide bonds. The second-order valence-corrected chi connectivity index (χ2v) is 6.82. The summed E-state index contributed by atoms with van der Waals surface area (Å²) >= 11 is 0. The predicted octanol–water partition coefficient (Wildman–Crippen LogP) is 2.66. The highest BCUT2D eigenvalue weighted by atomic mass is 16.6. The van der Waals surface area contributed by atoms with Crippen LogP contribution >= 0.6 is 0 Å². The SMILES string of the molecule is CC(C)(C)OC(=O)N1CCCCC12CCC(N)C2. The molecule has 1 spiro atoms. The van der Waals surface area contributed by atoms with Crippen LogP contribution in [0.5, 0.6) is 0 Å². The van der Waals surface area contributed by atoms with E-state index in [0.717, 1.165) is 38.6 Å². The smallest absolute Gasteiger partial charge is 0.410 e. The second-order valence-electron chi connectivity index (χ2n) is 6.82. The van der Waals surface area contributed by atoms with Crippen molar-refractivity contribution < 1.29 is 9.53 Å². The Morgan fingerprint density at radius 3 is 2.61 bits per heavy atom. The Bertz CT molecular complexity index is 320. The minimum absolute atomic E-state index is 0.0139. The fourth-order valence-electron chi connectivity index (χ4n) is 3.32. The van der Waals surface area contributed by atoms with Gasteiger partial charge in [0.25, 0.3) is 0 Å². The molecule has 1 aliphatic heterocycles. The zero-order chi connectivity index (χ0) is 13.4. The Balaban J connectivity index is 2.11. The second kappa shape index (κ2) is 4.72. The minimum Gasteiger partial charge on any atom is -0.444 e. The first-order valence-corrected chi connectivity index (χ1v) is 7.09. The van der Waals surface area contributed by atoms with E-state index in [-0.39, 0.29) is 17.7 Å². The number of hydrogen-bond acceptors (Lipinski definition) is 3. The maximum absolute atomic E-state index is 12.3. The van der Waals surface area contributed by atoms with Gasteiger partial charge in [-0.2, -0.15) is 0 Å². The maximum atomic E-state index is 12.3. The van der Waals surface area contributed by atoms with E-state index in [9.17, 15) is 4.79 Å². The van der Waals surface area contributed by atoms with E-state index in [0.29, 0.717) is 0 Å². The molecule has 104 valence electrons. The van der Waals surface area contributed by atoms with E-state index in [1.54, 1.807) is 0 Å². The molecule has 0 aromatic heterocycles. The molecule has 2 aliphatic rings. The summed E-state index contributed by atoms with van der Waals surface area (Å²) in [7, 11) is 0. The van der Waals surface area contributed by atoms with Gasteiger partial charge in [-0.1, -0.05) is 0 Å². The van der Waals surface area contributed by atoms with E-state index >= 15 is 0 Å². The van der Waals surface area contributed by atoms with Crippen molar-refractivity contribution in [1.82, 2.24) is 4.90 Å². The maximum Gasteiger partial charge on any atom is 0.410 e. The molecule has 4 nitrogen and oxygen atoms in total. The fraction of sp³-hybridized carbons (Fsp3) is 0.929. The summed E-state index contributed by atoms with van der Waals surface area (Å²) in [6, 6.07) is 0.244. The van der Waals surface area contributed by atoms with E-state index in [1.165, 1.54) is 6.42 Å². The molecule has 0 bridgehead atoms. The number of carbonyl (C=O) groups excluding carboxylic acids is 1. The number of likely N-dealkylation sites (tertiary alicyclic amines) is 1. The highest BCUT2D eigenvalue weighted by molar-refractivity contribution is 5.69. The van der Waals surface area contributed by atoms with Crippen molar-refractivity contribution in [2.45, 2.75) is 76.5 Å². The van der Waals surface area contributed by atoms with E-state index < -0.39 is 5.60 Å².